The van der Waals surface area contributed by atoms with Gasteiger partial charge in [-0.15, -0.1) is 12.4 Å². The van der Waals surface area contributed by atoms with E-state index < -0.39 is 0 Å². The van der Waals surface area contributed by atoms with Crippen LogP contribution in [0, 0.1) is 0 Å². The number of para-hydroxylation sites is 1. The summed E-state index contributed by atoms with van der Waals surface area (Å²) >= 11 is 0. The molecule has 0 saturated carbocycles. The van der Waals surface area contributed by atoms with Gasteiger partial charge in [0.15, 0.2) is 0 Å². The number of nitrogens with zero attached hydrogens (tertiary/aromatic N) is 1. The summed E-state index contributed by atoms with van der Waals surface area (Å²) in [7, 11) is 0. The van der Waals surface area contributed by atoms with E-state index in [1.165, 1.54) is 0 Å². The molecule has 98 valence electrons. The average Bonchev–Trinajstić information content (AvgIpc) is 2.64. The smallest absolute Gasteiger partial charge is 0.149 e. The number of aromatic nitrogens is 1. The molecule has 0 spiro atoms. The van der Waals surface area contributed by atoms with Crippen LogP contribution in [0.25, 0.3) is 21.8 Å². The number of carbonyl (C=O) groups is 1. The third kappa shape index (κ3) is 2.17. The molecule has 3 nitrogen and oxygen atoms in total. The summed E-state index contributed by atoms with van der Waals surface area (Å²) in [6.07, 6.45) is 0. The number of rotatable bonds is 2. The Balaban J connectivity index is 0.00000133. The lowest BCUT2D eigenvalue weighted by molar-refractivity contribution is -0.117. The fourth-order valence-corrected chi connectivity index (χ4v) is 2.46. The molecule has 1 heterocycles. The Bertz CT molecular complexity index is 761. The van der Waals surface area contributed by atoms with Gasteiger partial charge < -0.3 is 10.3 Å². The maximum Gasteiger partial charge on any atom is 0.149 e. The Labute approximate surface area is 117 Å². The van der Waals surface area contributed by atoms with Crippen LogP contribution in [0.5, 0.6) is 0 Å². The second kappa shape index (κ2) is 4.94. The quantitative estimate of drug-likeness (QED) is 0.728. The average molecular weight is 275 g/mol. The predicted molar refractivity (Wildman–Crippen MR) is 81.8 cm³/mol. The van der Waals surface area contributed by atoms with Crippen molar-refractivity contribution in [1.29, 1.82) is 0 Å². The summed E-state index contributed by atoms with van der Waals surface area (Å²) in [4.78, 5) is 11.4. The van der Waals surface area contributed by atoms with Crippen LogP contribution in [-0.4, -0.2) is 10.4 Å². The molecule has 1 aromatic heterocycles. The number of fused-ring (bicyclic) bond motifs is 3. The van der Waals surface area contributed by atoms with Crippen LogP contribution in [0.4, 0.5) is 5.69 Å². The molecular weight excluding hydrogens is 260 g/mol. The number of benzene rings is 2. The van der Waals surface area contributed by atoms with Crippen molar-refractivity contribution in [2.24, 2.45) is 0 Å². The van der Waals surface area contributed by atoms with Gasteiger partial charge >= 0.3 is 0 Å². The van der Waals surface area contributed by atoms with Crippen molar-refractivity contribution in [3.05, 3.63) is 42.5 Å². The molecule has 0 fully saturated rings. The highest BCUT2D eigenvalue weighted by atomic mass is 35.5. The highest BCUT2D eigenvalue weighted by molar-refractivity contribution is 6.09. The van der Waals surface area contributed by atoms with Gasteiger partial charge in [0.2, 0.25) is 0 Å². The van der Waals surface area contributed by atoms with E-state index in [0.29, 0.717) is 6.54 Å². The standard InChI is InChI=1S/C15H14N2O.ClH/c1-10(18)9-17-14-5-3-2-4-12(14)13-8-11(16)6-7-15(13)17;/h2-8H,9,16H2,1H3;1H. The van der Waals surface area contributed by atoms with E-state index in [-0.39, 0.29) is 18.2 Å². The third-order valence-electron chi connectivity index (χ3n) is 3.18. The monoisotopic (exact) mass is 274 g/mol. The largest absolute Gasteiger partial charge is 0.399 e. The molecule has 0 aliphatic rings. The maximum atomic E-state index is 11.4. The van der Waals surface area contributed by atoms with E-state index in [2.05, 4.69) is 6.07 Å². The van der Waals surface area contributed by atoms with Crippen LogP contribution < -0.4 is 5.73 Å². The molecule has 0 aliphatic heterocycles. The van der Waals surface area contributed by atoms with Gasteiger partial charge in [-0.3, -0.25) is 4.79 Å². The van der Waals surface area contributed by atoms with Gasteiger partial charge in [-0.05, 0) is 31.2 Å². The highest BCUT2D eigenvalue weighted by Crippen LogP contribution is 2.30. The van der Waals surface area contributed by atoms with E-state index in [1.807, 2.05) is 41.0 Å². The van der Waals surface area contributed by atoms with E-state index in [0.717, 1.165) is 27.5 Å². The molecule has 19 heavy (non-hydrogen) atoms. The fourth-order valence-electron chi connectivity index (χ4n) is 2.46. The molecule has 3 aromatic rings. The Morgan fingerprint density at radius 1 is 1.11 bits per heavy atom. The lowest BCUT2D eigenvalue weighted by Crippen LogP contribution is -2.05. The number of hydrogen-bond donors (Lipinski definition) is 1. The molecule has 0 radical (unpaired) electrons. The van der Waals surface area contributed by atoms with E-state index in [9.17, 15) is 4.79 Å². The van der Waals surface area contributed by atoms with Crippen LogP contribution in [0.2, 0.25) is 0 Å². The minimum absolute atomic E-state index is 0. The number of anilines is 1. The SMILES string of the molecule is CC(=O)Cn1c2ccccc2c2cc(N)ccc21.Cl. The zero-order valence-corrected chi connectivity index (χ0v) is 11.4. The molecule has 2 aromatic carbocycles. The Morgan fingerprint density at radius 2 is 1.79 bits per heavy atom. The predicted octanol–water partition coefficient (Wildman–Crippen LogP) is 3.39. The number of hydrogen-bond acceptors (Lipinski definition) is 2. The Morgan fingerprint density at radius 3 is 2.53 bits per heavy atom. The summed E-state index contributed by atoms with van der Waals surface area (Å²) in [6, 6.07) is 13.9. The van der Waals surface area contributed by atoms with Crippen molar-refractivity contribution in [2.75, 3.05) is 5.73 Å². The summed E-state index contributed by atoms with van der Waals surface area (Å²) in [5.74, 6) is 0.148. The van der Waals surface area contributed by atoms with E-state index in [4.69, 9.17) is 5.73 Å². The lowest BCUT2D eigenvalue weighted by atomic mass is 10.1. The van der Waals surface area contributed by atoms with Crippen molar-refractivity contribution in [3.63, 3.8) is 0 Å². The molecular formula is C15H15ClN2O. The van der Waals surface area contributed by atoms with Gasteiger partial charge in [0, 0.05) is 27.5 Å². The molecule has 4 heteroatoms. The summed E-state index contributed by atoms with van der Waals surface area (Å²) in [5, 5.41) is 2.24. The van der Waals surface area contributed by atoms with E-state index in [1.54, 1.807) is 6.92 Å². The normalized spacial score (nSPS) is 10.6. The maximum absolute atomic E-state index is 11.4. The van der Waals surface area contributed by atoms with Gasteiger partial charge in [0.1, 0.15) is 5.78 Å². The third-order valence-corrected chi connectivity index (χ3v) is 3.18. The summed E-state index contributed by atoms with van der Waals surface area (Å²) in [5.41, 5.74) is 8.73. The summed E-state index contributed by atoms with van der Waals surface area (Å²) in [6.45, 7) is 2.01. The van der Waals surface area contributed by atoms with E-state index >= 15 is 0 Å². The van der Waals surface area contributed by atoms with Gasteiger partial charge in [0.25, 0.3) is 0 Å². The first kappa shape index (κ1) is 13.4. The number of Topliss-reactive ketones (excluding diaryl/α,β-unsaturated/α-hetero) is 1. The minimum Gasteiger partial charge on any atom is -0.399 e. The number of nitrogen functional groups attached to an aromatic ring is 1. The summed E-state index contributed by atoms with van der Waals surface area (Å²) < 4.78 is 2.05. The van der Waals surface area contributed by atoms with Gasteiger partial charge in [-0.2, -0.15) is 0 Å². The van der Waals surface area contributed by atoms with Crippen LogP contribution in [0.3, 0.4) is 0 Å². The Kier molecular flexibility index (Phi) is 3.49. The fraction of sp³-hybridized carbons (Fsp3) is 0.133. The molecule has 0 bridgehead atoms. The highest BCUT2D eigenvalue weighted by Gasteiger charge is 2.11. The lowest BCUT2D eigenvalue weighted by Gasteiger charge is -2.04. The van der Waals surface area contributed by atoms with Crippen LogP contribution >= 0.6 is 12.4 Å². The zero-order valence-electron chi connectivity index (χ0n) is 10.6. The number of halogens is 1. The molecule has 3 rings (SSSR count). The second-order valence-corrected chi connectivity index (χ2v) is 4.58. The molecule has 2 N–H and O–H groups in total. The first-order valence-electron chi connectivity index (χ1n) is 5.93. The van der Waals surface area contributed by atoms with Crippen molar-refractivity contribution < 1.29 is 4.79 Å². The van der Waals surface area contributed by atoms with Crippen molar-refractivity contribution in [1.82, 2.24) is 4.57 Å². The number of ketones is 1. The molecule has 0 saturated heterocycles. The second-order valence-electron chi connectivity index (χ2n) is 4.58. The van der Waals surface area contributed by atoms with Gasteiger partial charge in [0.05, 0.1) is 6.54 Å². The van der Waals surface area contributed by atoms with Crippen molar-refractivity contribution >= 4 is 45.7 Å². The van der Waals surface area contributed by atoms with Crippen molar-refractivity contribution in [2.45, 2.75) is 13.5 Å². The molecule has 0 amide bonds. The molecule has 0 atom stereocenters. The van der Waals surface area contributed by atoms with Gasteiger partial charge in [-0.1, -0.05) is 18.2 Å². The Hall–Kier alpha value is -2.00. The van der Waals surface area contributed by atoms with Crippen LogP contribution in [-0.2, 0) is 11.3 Å². The zero-order chi connectivity index (χ0) is 12.7. The van der Waals surface area contributed by atoms with Gasteiger partial charge in [-0.25, -0.2) is 0 Å². The van der Waals surface area contributed by atoms with Crippen LogP contribution in [0.15, 0.2) is 42.5 Å². The first-order valence-corrected chi connectivity index (χ1v) is 5.93. The number of nitrogens with two attached hydrogens (primary N) is 1. The van der Waals surface area contributed by atoms with Crippen LogP contribution in [0.1, 0.15) is 6.92 Å². The topological polar surface area (TPSA) is 48.0 Å². The molecule has 0 unspecified atom stereocenters. The molecule has 0 aliphatic carbocycles. The first-order chi connectivity index (χ1) is 8.66. The van der Waals surface area contributed by atoms with Crippen molar-refractivity contribution in [3.8, 4) is 0 Å². The minimum atomic E-state index is 0. The number of carbonyl (C=O) groups excluding carboxylic acids is 1.